The molecule has 0 aliphatic rings. The number of nitrogens with two attached hydrogens (primary N) is 1. The van der Waals surface area contributed by atoms with Crippen LogP contribution in [0.15, 0.2) is 71.0 Å². The van der Waals surface area contributed by atoms with Gasteiger partial charge in [-0.05, 0) is 30.3 Å². The summed E-state index contributed by atoms with van der Waals surface area (Å²) >= 11 is 7.34. The highest BCUT2D eigenvalue weighted by atomic mass is 35.5. The molecule has 0 atom stereocenters. The van der Waals surface area contributed by atoms with E-state index in [0.29, 0.717) is 5.03 Å². The SMILES string of the molecule is Nc1c(Nc2cc(C(F)(F)F)ccc2Cl)ncnc1Sc1cccc2cccnc12. The molecule has 2 heterocycles. The minimum atomic E-state index is -4.50. The quantitative estimate of drug-likeness (QED) is 0.364. The number of pyridine rings is 1. The minimum Gasteiger partial charge on any atom is -0.394 e. The number of nitrogens with one attached hydrogen (secondary N) is 1. The molecule has 0 fully saturated rings. The third-order valence-corrected chi connectivity index (χ3v) is 5.59. The lowest BCUT2D eigenvalue weighted by Gasteiger charge is -2.14. The normalized spacial score (nSPS) is 11.6. The van der Waals surface area contributed by atoms with Crippen molar-refractivity contribution in [3.63, 3.8) is 0 Å². The summed E-state index contributed by atoms with van der Waals surface area (Å²) in [4.78, 5) is 13.5. The van der Waals surface area contributed by atoms with Crippen LogP contribution in [0.2, 0.25) is 5.02 Å². The van der Waals surface area contributed by atoms with Gasteiger partial charge < -0.3 is 11.1 Å². The van der Waals surface area contributed by atoms with Gasteiger partial charge in [0.2, 0.25) is 0 Å². The van der Waals surface area contributed by atoms with E-state index in [9.17, 15) is 13.2 Å². The van der Waals surface area contributed by atoms with Crippen LogP contribution >= 0.6 is 23.4 Å². The summed E-state index contributed by atoms with van der Waals surface area (Å²) in [5.41, 5.74) is 6.38. The fourth-order valence-corrected chi connectivity index (χ4v) is 3.84. The Morgan fingerprint density at radius 3 is 2.60 bits per heavy atom. The maximum absolute atomic E-state index is 13.0. The number of aromatic nitrogens is 3. The van der Waals surface area contributed by atoms with Gasteiger partial charge in [-0.2, -0.15) is 13.2 Å². The number of para-hydroxylation sites is 1. The van der Waals surface area contributed by atoms with E-state index in [4.69, 9.17) is 17.3 Å². The average Bonchev–Trinajstić information content (AvgIpc) is 2.72. The lowest BCUT2D eigenvalue weighted by molar-refractivity contribution is -0.137. The van der Waals surface area contributed by atoms with Crippen molar-refractivity contribution < 1.29 is 13.2 Å². The van der Waals surface area contributed by atoms with Crippen molar-refractivity contribution in [2.45, 2.75) is 16.1 Å². The Kier molecular flexibility index (Phi) is 5.40. The second kappa shape index (κ2) is 8.00. The molecular formula is C20H13ClF3N5S. The summed E-state index contributed by atoms with van der Waals surface area (Å²) in [6.07, 6.45) is -1.53. The zero-order valence-electron chi connectivity index (χ0n) is 15.1. The van der Waals surface area contributed by atoms with Gasteiger partial charge in [0.15, 0.2) is 5.82 Å². The topological polar surface area (TPSA) is 76.7 Å². The second-order valence-corrected chi connectivity index (χ2v) is 7.63. The van der Waals surface area contributed by atoms with Crippen LogP contribution < -0.4 is 11.1 Å². The van der Waals surface area contributed by atoms with Crippen LogP contribution in [-0.2, 0) is 6.18 Å². The standard InChI is InChI=1S/C20H13ClF3N5S/c21-13-7-6-12(20(22,23)24)9-14(13)29-18-16(25)19(28-10-27-18)30-15-5-1-3-11-4-2-8-26-17(11)15/h1-10H,25H2,(H,27,28,29). The number of benzene rings is 2. The number of halogens is 4. The monoisotopic (exact) mass is 447 g/mol. The minimum absolute atomic E-state index is 0.0414. The third kappa shape index (κ3) is 4.12. The molecule has 10 heteroatoms. The van der Waals surface area contributed by atoms with Crippen LogP contribution in [-0.4, -0.2) is 15.0 Å². The van der Waals surface area contributed by atoms with Gasteiger partial charge in [0.1, 0.15) is 17.0 Å². The molecule has 2 aromatic heterocycles. The lowest BCUT2D eigenvalue weighted by Crippen LogP contribution is -2.07. The number of fused-ring (bicyclic) bond motifs is 1. The summed E-state index contributed by atoms with van der Waals surface area (Å²) in [5.74, 6) is 0.155. The predicted molar refractivity (Wildman–Crippen MR) is 112 cm³/mol. The molecule has 152 valence electrons. The Morgan fingerprint density at radius 2 is 1.80 bits per heavy atom. The van der Waals surface area contributed by atoms with Crippen LogP contribution in [0.5, 0.6) is 0 Å². The first-order valence-corrected chi connectivity index (χ1v) is 9.78. The molecule has 5 nitrogen and oxygen atoms in total. The summed E-state index contributed by atoms with van der Waals surface area (Å²) in [6.45, 7) is 0. The molecular weight excluding hydrogens is 435 g/mol. The van der Waals surface area contributed by atoms with Gasteiger partial charge in [0.25, 0.3) is 0 Å². The average molecular weight is 448 g/mol. The number of nitrogens with zero attached hydrogens (tertiary/aromatic N) is 3. The van der Waals surface area contributed by atoms with Crippen molar-refractivity contribution in [2.75, 3.05) is 11.1 Å². The van der Waals surface area contributed by atoms with E-state index in [-0.39, 0.29) is 22.2 Å². The van der Waals surface area contributed by atoms with E-state index in [2.05, 4.69) is 20.3 Å². The Morgan fingerprint density at radius 1 is 1.00 bits per heavy atom. The van der Waals surface area contributed by atoms with Crippen molar-refractivity contribution >= 4 is 51.5 Å². The molecule has 30 heavy (non-hydrogen) atoms. The van der Waals surface area contributed by atoms with Crippen LogP contribution in [0, 0.1) is 0 Å². The molecule has 3 N–H and O–H groups in total. The van der Waals surface area contributed by atoms with E-state index in [1.54, 1.807) is 6.20 Å². The van der Waals surface area contributed by atoms with Gasteiger partial charge in [0, 0.05) is 16.5 Å². The van der Waals surface area contributed by atoms with E-state index >= 15 is 0 Å². The van der Waals surface area contributed by atoms with Gasteiger partial charge in [-0.15, -0.1) is 0 Å². The van der Waals surface area contributed by atoms with Crippen LogP contribution in [0.1, 0.15) is 5.56 Å². The van der Waals surface area contributed by atoms with Crippen molar-refractivity contribution in [3.8, 4) is 0 Å². The van der Waals surface area contributed by atoms with Gasteiger partial charge in [0.05, 0.1) is 21.8 Å². The van der Waals surface area contributed by atoms with E-state index < -0.39 is 11.7 Å². The lowest BCUT2D eigenvalue weighted by atomic mass is 10.2. The fourth-order valence-electron chi connectivity index (χ4n) is 2.75. The summed E-state index contributed by atoms with van der Waals surface area (Å²) < 4.78 is 39.1. The molecule has 0 amide bonds. The molecule has 0 aliphatic heterocycles. The highest BCUT2D eigenvalue weighted by Gasteiger charge is 2.31. The molecule has 4 aromatic rings. The van der Waals surface area contributed by atoms with E-state index in [1.165, 1.54) is 24.2 Å². The number of alkyl halides is 3. The highest BCUT2D eigenvalue weighted by molar-refractivity contribution is 7.99. The van der Waals surface area contributed by atoms with Crippen LogP contribution in [0.25, 0.3) is 10.9 Å². The Hall–Kier alpha value is -3.04. The first kappa shape index (κ1) is 20.2. The maximum Gasteiger partial charge on any atom is 0.416 e. The van der Waals surface area contributed by atoms with Gasteiger partial charge in [-0.1, -0.05) is 41.6 Å². The molecule has 4 rings (SSSR count). The van der Waals surface area contributed by atoms with Crippen molar-refractivity contribution in [3.05, 3.63) is 71.6 Å². The van der Waals surface area contributed by atoms with Gasteiger partial charge in [-0.3, -0.25) is 4.98 Å². The van der Waals surface area contributed by atoms with Gasteiger partial charge >= 0.3 is 6.18 Å². The number of nitrogen functional groups attached to an aromatic ring is 1. The number of rotatable bonds is 4. The first-order chi connectivity index (χ1) is 14.3. The molecule has 2 aromatic carbocycles. The van der Waals surface area contributed by atoms with Crippen molar-refractivity contribution in [1.29, 1.82) is 0 Å². The summed E-state index contributed by atoms with van der Waals surface area (Å²) in [7, 11) is 0. The van der Waals surface area contributed by atoms with Crippen LogP contribution in [0.3, 0.4) is 0 Å². The second-order valence-electron chi connectivity index (χ2n) is 6.19. The van der Waals surface area contributed by atoms with Crippen LogP contribution in [0.4, 0.5) is 30.4 Å². The molecule has 0 aliphatic carbocycles. The van der Waals surface area contributed by atoms with Crippen molar-refractivity contribution in [2.24, 2.45) is 0 Å². The zero-order chi connectivity index (χ0) is 21.3. The molecule has 0 bridgehead atoms. The zero-order valence-corrected chi connectivity index (χ0v) is 16.7. The van der Waals surface area contributed by atoms with Crippen molar-refractivity contribution in [1.82, 2.24) is 15.0 Å². The third-order valence-electron chi connectivity index (χ3n) is 4.20. The molecule has 0 spiro atoms. The maximum atomic E-state index is 13.0. The predicted octanol–water partition coefficient (Wildman–Crippen LogP) is 6.17. The summed E-state index contributed by atoms with van der Waals surface area (Å²) in [6, 6.07) is 12.5. The smallest absolute Gasteiger partial charge is 0.394 e. The summed E-state index contributed by atoms with van der Waals surface area (Å²) in [5, 5.41) is 4.29. The van der Waals surface area contributed by atoms with Gasteiger partial charge in [-0.25, -0.2) is 9.97 Å². The Balaban J connectivity index is 1.67. The molecule has 0 unspecified atom stereocenters. The number of hydrogen-bond donors (Lipinski definition) is 2. The largest absolute Gasteiger partial charge is 0.416 e. The molecule has 0 radical (unpaired) electrons. The van der Waals surface area contributed by atoms with E-state index in [0.717, 1.165) is 27.9 Å². The molecule has 0 saturated heterocycles. The Bertz CT molecular complexity index is 1230. The van der Waals surface area contributed by atoms with E-state index in [1.807, 2.05) is 30.3 Å². The first-order valence-electron chi connectivity index (χ1n) is 8.59. The number of hydrogen-bond acceptors (Lipinski definition) is 6. The number of anilines is 3. The molecule has 0 saturated carbocycles. The fraction of sp³-hybridized carbons (Fsp3) is 0.0500. The highest BCUT2D eigenvalue weighted by Crippen LogP contribution is 2.39. The Labute approximate surface area is 178 Å².